The average molecular weight is 278 g/mol. The van der Waals surface area contributed by atoms with Crippen LogP contribution in [-0.4, -0.2) is 20.5 Å². The lowest BCUT2D eigenvalue weighted by Crippen LogP contribution is -2.07. The van der Waals surface area contributed by atoms with Crippen molar-refractivity contribution in [2.75, 3.05) is 12.8 Å². The molecule has 2 rings (SSSR count). The summed E-state index contributed by atoms with van der Waals surface area (Å²) < 4.78 is 29.6. The predicted molar refractivity (Wildman–Crippen MR) is 72.5 cm³/mol. The monoisotopic (exact) mass is 278 g/mol. The van der Waals surface area contributed by atoms with Crippen molar-refractivity contribution < 1.29 is 13.2 Å². The Hall–Kier alpha value is -2.08. The number of anilines is 1. The van der Waals surface area contributed by atoms with Crippen LogP contribution >= 0.6 is 0 Å². The smallest absolute Gasteiger partial charge is 0.217 e. The second kappa shape index (κ2) is 5.27. The Morgan fingerprint density at radius 2 is 1.89 bits per heavy atom. The van der Waals surface area contributed by atoms with E-state index in [1.165, 1.54) is 19.2 Å². The van der Waals surface area contributed by atoms with Crippen LogP contribution in [0.3, 0.4) is 0 Å². The number of nitrogens with zero attached hydrogens (tertiary/aromatic N) is 1. The summed E-state index contributed by atoms with van der Waals surface area (Å²) >= 11 is 0. The lowest BCUT2D eigenvalue weighted by atomic mass is 10.3. The molecule has 0 aliphatic heterocycles. The van der Waals surface area contributed by atoms with E-state index in [1.807, 2.05) is 0 Å². The van der Waals surface area contributed by atoms with Gasteiger partial charge in [0.15, 0.2) is 9.84 Å². The lowest BCUT2D eigenvalue weighted by Gasteiger charge is -2.08. The van der Waals surface area contributed by atoms with Gasteiger partial charge in [-0.25, -0.2) is 13.4 Å². The number of benzene rings is 1. The van der Waals surface area contributed by atoms with Crippen LogP contribution in [0.4, 0.5) is 5.69 Å². The van der Waals surface area contributed by atoms with Gasteiger partial charge in [-0.15, -0.1) is 0 Å². The maximum atomic E-state index is 12.3. The lowest BCUT2D eigenvalue weighted by molar-refractivity contribution is 0.394. The van der Waals surface area contributed by atoms with Gasteiger partial charge in [-0.1, -0.05) is 6.07 Å². The summed E-state index contributed by atoms with van der Waals surface area (Å²) in [6.45, 7) is 0. The molecule has 0 saturated carbocycles. The third kappa shape index (κ3) is 3.03. The molecule has 0 spiro atoms. The Morgan fingerprint density at radius 1 is 1.21 bits per heavy atom. The number of aromatic nitrogens is 1. The molecule has 2 N–H and O–H groups in total. The molecule has 0 atom stereocenters. The van der Waals surface area contributed by atoms with E-state index < -0.39 is 9.84 Å². The van der Waals surface area contributed by atoms with Crippen LogP contribution in [0, 0.1) is 0 Å². The van der Waals surface area contributed by atoms with Crippen molar-refractivity contribution in [1.29, 1.82) is 0 Å². The minimum atomic E-state index is -3.44. The fourth-order valence-corrected chi connectivity index (χ4v) is 3.03. The first-order valence-electron chi connectivity index (χ1n) is 5.59. The van der Waals surface area contributed by atoms with Crippen molar-refractivity contribution in [2.45, 2.75) is 10.6 Å². The van der Waals surface area contributed by atoms with Gasteiger partial charge in [0, 0.05) is 17.4 Å². The van der Waals surface area contributed by atoms with Gasteiger partial charge in [0.2, 0.25) is 5.88 Å². The highest BCUT2D eigenvalue weighted by atomic mass is 32.2. The first kappa shape index (κ1) is 13.4. The van der Waals surface area contributed by atoms with E-state index in [9.17, 15) is 8.42 Å². The van der Waals surface area contributed by atoms with E-state index in [0.29, 0.717) is 17.1 Å². The molecule has 1 heterocycles. The Kier molecular flexibility index (Phi) is 3.71. The molecule has 0 saturated heterocycles. The number of methoxy groups -OCH3 is 1. The molecular weight excluding hydrogens is 264 g/mol. The van der Waals surface area contributed by atoms with E-state index in [1.54, 1.807) is 30.5 Å². The quantitative estimate of drug-likeness (QED) is 0.860. The number of nitrogens with two attached hydrogens (primary N) is 1. The molecule has 19 heavy (non-hydrogen) atoms. The molecule has 0 aliphatic rings. The van der Waals surface area contributed by atoms with Crippen molar-refractivity contribution in [3.05, 3.63) is 48.2 Å². The molecule has 0 amide bonds. The first-order valence-corrected chi connectivity index (χ1v) is 7.24. The summed E-state index contributed by atoms with van der Waals surface area (Å²) in [6, 6.07) is 9.47. The summed E-state index contributed by atoms with van der Waals surface area (Å²) in [6.07, 6.45) is 1.55. The molecule has 0 fully saturated rings. The van der Waals surface area contributed by atoms with Crippen LogP contribution < -0.4 is 10.5 Å². The number of sulfone groups is 1. The standard InChI is InChI=1S/C13H14N2O3S/c1-18-13-10(3-2-8-15-13)9-19(16,17)12-6-4-11(14)5-7-12/h2-8H,9,14H2,1H3. The Balaban J connectivity index is 2.34. The van der Waals surface area contributed by atoms with Crippen molar-refractivity contribution in [3.8, 4) is 5.88 Å². The van der Waals surface area contributed by atoms with Gasteiger partial charge in [0.1, 0.15) is 0 Å². The van der Waals surface area contributed by atoms with E-state index >= 15 is 0 Å². The van der Waals surface area contributed by atoms with Crippen LogP contribution in [0.5, 0.6) is 5.88 Å². The van der Waals surface area contributed by atoms with Crippen LogP contribution in [-0.2, 0) is 15.6 Å². The van der Waals surface area contributed by atoms with Gasteiger partial charge < -0.3 is 10.5 Å². The van der Waals surface area contributed by atoms with Crippen molar-refractivity contribution in [2.24, 2.45) is 0 Å². The second-order valence-electron chi connectivity index (χ2n) is 4.00. The maximum Gasteiger partial charge on any atom is 0.217 e. The molecule has 2 aromatic rings. The molecule has 0 unspecified atom stereocenters. The van der Waals surface area contributed by atoms with Gasteiger partial charge in [0.25, 0.3) is 0 Å². The molecule has 6 heteroatoms. The highest BCUT2D eigenvalue weighted by molar-refractivity contribution is 7.90. The number of hydrogen-bond donors (Lipinski definition) is 1. The molecule has 0 radical (unpaired) electrons. The molecule has 1 aromatic carbocycles. The van der Waals surface area contributed by atoms with E-state index in [4.69, 9.17) is 10.5 Å². The van der Waals surface area contributed by atoms with Gasteiger partial charge in [-0.3, -0.25) is 0 Å². The second-order valence-corrected chi connectivity index (χ2v) is 5.99. The van der Waals surface area contributed by atoms with Crippen LogP contribution in [0.15, 0.2) is 47.5 Å². The number of nitrogen functional groups attached to an aromatic ring is 1. The zero-order valence-corrected chi connectivity index (χ0v) is 11.2. The topological polar surface area (TPSA) is 82.3 Å². The number of hydrogen-bond acceptors (Lipinski definition) is 5. The Morgan fingerprint density at radius 3 is 2.53 bits per heavy atom. The summed E-state index contributed by atoms with van der Waals surface area (Å²) in [7, 11) is -1.98. The summed E-state index contributed by atoms with van der Waals surface area (Å²) in [5.41, 5.74) is 6.60. The molecule has 100 valence electrons. The highest BCUT2D eigenvalue weighted by Crippen LogP contribution is 2.22. The zero-order chi connectivity index (χ0) is 13.9. The van der Waals surface area contributed by atoms with Crippen molar-refractivity contribution >= 4 is 15.5 Å². The number of rotatable bonds is 4. The molecule has 5 nitrogen and oxygen atoms in total. The maximum absolute atomic E-state index is 12.3. The highest BCUT2D eigenvalue weighted by Gasteiger charge is 2.18. The van der Waals surface area contributed by atoms with Crippen LogP contribution in [0.1, 0.15) is 5.56 Å². The van der Waals surface area contributed by atoms with E-state index in [-0.39, 0.29) is 10.6 Å². The SMILES string of the molecule is COc1ncccc1CS(=O)(=O)c1ccc(N)cc1. The molecule has 0 bridgehead atoms. The van der Waals surface area contributed by atoms with Gasteiger partial charge in [0.05, 0.1) is 17.8 Å². The fraction of sp³-hybridized carbons (Fsp3) is 0.154. The van der Waals surface area contributed by atoms with Gasteiger partial charge in [-0.05, 0) is 30.3 Å². The minimum Gasteiger partial charge on any atom is -0.481 e. The van der Waals surface area contributed by atoms with E-state index in [0.717, 1.165) is 0 Å². The summed E-state index contributed by atoms with van der Waals surface area (Å²) in [5, 5.41) is 0. The normalized spacial score (nSPS) is 11.2. The van der Waals surface area contributed by atoms with Crippen molar-refractivity contribution in [3.63, 3.8) is 0 Å². The third-order valence-corrected chi connectivity index (χ3v) is 4.31. The number of ether oxygens (including phenoxy) is 1. The van der Waals surface area contributed by atoms with Crippen molar-refractivity contribution in [1.82, 2.24) is 4.98 Å². The number of pyridine rings is 1. The minimum absolute atomic E-state index is 0.159. The third-order valence-electron chi connectivity index (χ3n) is 2.63. The first-order chi connectivity index (χ1) is 9.03. The predicted octanol–water partition coefficient (Wildman–Crippen LogP) is 1.65. The van der Waals surface area contributed by atoms with Crippen LogP contribution in [0.2, 0.25) is 0 Å². The summed E-state index contributed by atoms with van der Waals surface area (Å²) in [4.78, 5) is 4.21. The average Bonchev–Trinajstić information content (AvgIpc) is 2.39. The Labute approximate surface area is 112 Å². The molecule has 1 aromatic heterocycles. The molecule has 0 aliphatic carbocycles. The fourth-order valence-electron chi connectivity index (χ4n) is 1.68. The van der Waals surface area contributed by atoms with Crippen LogP contribution in [0.25, 0.3) is 0 Å². The zero-order valence-electron chi connectivity index (χ0n) is 10.4. The Bertz CT molecular complexity index is 667. The van der Waals surface area contributed by atoms with Gasteiger partial charge >= 0.3 is 0 Å². The largest absolute Gasteiger partial charge is 0.481 e. The summed E-state index contributed by atoms with van der Waals surface area (Å²) in [5.74, 6) is 0.162. The van der Waals surface area contributed by atoms with E-state index in [2.05, 4.69) is 4.98 Å². The van der Waals surface area contributed by atoms with Gasteiger partial charge in [-0.2, -0.15) is 0 Å². The molecular formula is C13H14N2O3S.